The molecule has 148 valence electrons. The van der Waals surface area contributed by atoms with Crippen molar-refractivity contribution in [3.63, 3.8) is 0 Å². The number of aryl methyl sites for hydroxylation is 1. The second-order valence-electron chi connectivity index (χ2n) is 6.86. The van der Waals surface area contributed by atoms with Crippen LogP contribution in [0.25, 0.3) is 10.2 Å². The van der Waals surface area contributed by atoms with Crippen molar-refractivity contribution in [1.29, 1.82) is 0 Å². The van der Waals surface area contributed by atoms with Gasteiger partial charge in [0.25, 0.3) is 0 Å². The molecular weight excluding hydrogens is 410 g/mol. The molecule has 0 atom stereocenters. The first kappa shape index (κ1) is 21.1. The van der Waals surface area contributed by atoms with Crippen molar-refractivity contribution in [2.24, 2.45) is 0 Å². The van der Waals surface area contributed by atoms with E-state index in [0.717, 1.165) is 38.8 Å². The van der Waals surface area contributed by atoms with E-state index in [1.165, 1.54) is 11.8 Å². The Bertz CT molecular complexity index is 940. The number of hydrogen-bond donors (Lipinski definition) is 0. The quantitative estimate of drug-likeness (QED) is 0.449. The summed E-state index contributed by atoms with van der Waals surface area (Å²) in [5.41, 5.74) is 2.12. The van der Waals surface area contributed by atoms with Crippen molar-refractivity contribution in [3.05, 3.63) is 53.1 Å². The maximum absolute atomic E-state index is 13.1. The zero-order valence-corrected chi connectivity index (χ0v) is 18.7. The Balaban J connectivity index is 1.77. The topological polar surface area (TPSA) is 36.4 Å². The number of hydrogen-bond acceptors (Lipinski definition) is 5. The molecule has 0 fully saturated rings. The molecule has 0 N–H and O–H groups in total. The first-order valence-corrected chi connectivity index (χ1v) is 11.3. The van der Waals surface area contributed by atoms with Crippen LogP contribution in [0.15, 0.2) is 47.4 Å². The minimum atomic E-state index is 0.0791. The molecule has 1 amide bonds. The van der Waals surface area contributed by atoms with Gasteiger partial charge in [-0.25, -0.2) is 4.98 Å². The highest BCUT2D eigenvalue weighted by Crippen LogP contribution is 2.31. The van der Waals surface area contributed by atoms with E-state index in [4.69, 9.17) is 16.6 Å². The summed E-state index contributed by atoms with van der Waals surface area (Å²) in [5.74, 6) is 0.453. The third kappa shape index (κ3) is 5.47. The Hall–Kier alpha value is -1.60. The van der Waals surface area contributed by atoms with Crippen LogP contribution in [0.4, 0.5) is 5.13 Å². The molecular formula is C21H24ClN3OS2. The van der Waals surface area contributed by atoms with Crippen LogP contribution < -0.4 is 4.90 Å². The molecule has 1 heterocycles. The van der Waals surface area contributed by atoms with E-state index < -0.39 is 0 Å². The second-order valence-corrected chi connectivity index (χ2v) is 9.36. The van der Waals surface area contributed by atoms with Gasteiger partial charge in [-0.2, -0.15) is 0 Å². The molecule has 0 saturated carbocycles. The van der Waals surface area contributed by atoms with Gasteiger partial charge in [0.05, 0.1) is 16.0 Å². The highest BCUT2D eigenvalue weighted by molar-refractivity contribution is 8.00. The number of nitrogens with zero attached hydrogens (tertiary/aromatic N) is 3. The van der Waals surface area contributed by atoms with Crippen molar-refractivity contribution in [1.82, 2.24) is 9.88 Å². The average Bonchev–Trinajstić information content (AvgIpc) is 3.09. The smallest absolute Gasteiger partial charge is 0.239 e. The van der Waals surface area contributed by atoms with Crippen LogP contribution in [0.1, 0.15) is 12.0 Å². The average molecular weight is 434 g/mol. The molecule has 4 nitrogen and oxygen atoms in total. The number of benzene rings is 2. The van der Waals surface area contributed by atoms with E-state index in [9.17, 15) is 4.79 Å². The third-order valence-corrected chi connectivity index (χ3v) is 6.60. The van der Waals surface area contributed by atoms with Crippen molar-refractivity contribution < 1.29 is 4.79 Å². The summed E-state index contributed by atoms with van der Waals surface area (Å²) in [6, 6.07) is 13.7. The van der Waals surface area contributed by atoms with Gasteiger partial charge in [0.2, 0.25) is 5.91 Å². The predicted molar refractivity (Wildman–Crippen MR) is 122 cm³/mol. The molecule has 3 aromatic rings. The zero-order chi connectivity index (χ0) is 20.1. The van der Waals surface area contributed by atoms with Gasteiger partial charge in [0.1, 0.15) is 0 Å². The number of thioether (sulfide) groups is 1. The van der Waals surface area contributed by atoms with Gasteiger partial charge in [0.15, 0.2) is 5.13 Å². The van der Waals surface area contributed by atoms with E-state index in [1.54, 1.807) is 11.3 Å². The first-order valence-electron chi connectivity index (χ1n) is 9.13. The van der Waals surface area contributed by atoms with Crippen LogP contribution in [0, 0.1) is 6.92 Å². The van der Waals surface area contributed by atoms with E-state index in [-0.39, 0.29) is 5.91 Å². The van der Waals surface area contributed by atoms with Crippen LogP contribution >= 0.6 is 34.7 Å². The molecule has 0 saturated heterocycles. The van der Waals surface area contributed by atoms with Gasteiger partial charge < -0.3 is 4.90 Å². The molecule has 28 heavy (non-hydrogen) atoms. The van der Waals surface area contributed by atoms with E-state index in [2.05, 4.69) is 24.0 Å². The maximum atomic E-state index is 13.1. The minimum Gasteiger partial charge on any atom is -0.309 e. The number of thiazole rings is 1. The molecule has 3 rings (SSSR count). The van der Waals surface area contributed by atoms with Gasteiger partial charge in [-0.15, -0.1) is 11.8 Å². The summed E-state index contributed by atoms with van der Waals surface area (Å²) in [6.45, 7) is 3.65. The molecule has 7 heteroatoms. The number of halogens is 1. The van der Waals surface area contributed by atoms with Gasteiger partial charge in [-0.05, 0) is 69.9 Å². The van der Waals surface area contributed by atoms with Crippen molar-refractivity contribution in [2.45, 2.75) is 18.2 Å². The number of para-hydroxylation sites is 1. The number of carbonyl (C=O) groups is 1. The van der Waals surface area contributed by atoms with Crippen molar-refractivity contribution in [3.8, 4) is 0 Å². The van der Waals surface area contributed by atoms with E-state index in [1.807, 2.05) is 49.3 Å². The summed E-state index contributed by atoms with van der Waals surface area (Å²) in [7, 11) is 4.09. The third-order valence-electron chi connectivity index (χ3n) is 4.30. The summed E-state index contributed by atoms with van der Waals surface area (Å²) in [5, 5.41) is 1.48. The first-order chi connectivity index (χ1) is 13.4. The Morgan fingerprint density at radius 2 is 1.89 bits per heavy atom. The number of anilines is 1. The molecule has 0 aliphatic carbocycles. The van der Waals surface area contributed by atoms with E-state index >= 15 is 0 Å². The highest BCUT2D eigenvalue weighted by Gasteiger charge is 2.20. The lowest BCUT2D eigenvalue weighted by molar-refractivity contribution is -0.116. The minimum absolute atomic E-state index is 0.0791. The lowest BCUT2D eigenvalue weighted by Gasteiger charge is -2.21. The predicted octanol–water partition coefficient (Wildman–Crippen LogP) is 5.34. The fraction of sp³-hybridized carbons (Fsp3) is 0.333. The van der Waals surface area contributed by atoms with Gasteiger partial charge in [-0.3, -0.25) is 9.69 Å². The fourth-order valence-electron chi connectivity index (χ4n) is 2.82. The molecule has 0 spiro atoms. The Morgan fingerprint density at radius 1 is 1.14 bits per heavy atom. The van der Waals surface area contributed by atoms with Crippen LogP contribution in [-0.4, -0.2) is 48.7 Å². The van der Waals surface area contributed by atoms with Crippen LogP contribution in [0.3, 0.4) is 0 Å². The number of carbonyl (C=O) groups excluding carboxylic acids is 1. The standard InChI is InChI=1S/C21H24ClN3OS2/c1-15-6-4-7-18-20(15)23-21(28-18)25(13-5-12-24(2)3)19(26)14-27-17-10-8-16(22)9-11-17/h4,6-11H,5,12-14H2,1-3H3. The van der Waals surface area contributed by atoms with Crippen molar-refractivity contribution >= 4 is 56.0 Å². The normalized spacial score (nSPS) is 11.3. The molecule has 2 aromatic carbocycles. The zero-order valence-electron chi connectivity index (χ0n) is 16.3. The van der Waals surface area contributed by atoms with Crippen molar-refractivity contribution in [2.75, 3.05) is 37.8 Å². The number of aromatic nitrogens is 1. The molecule has 0 aliphatic rings. The Kier molecular flexibility index (Phi) is 7.35. The fourth-order valence-corrected chi connectivity index (χ4v) is 4.80. The Morgan fingerprint density at radius 3 is 2.57 bits per heavy atom. The second kappa shape index (κ2) is 9.74. The summed E-state index contributed by atoms with van der Waals surface area (Å²) in [4.78, 5) is 22.8. The SMILES string of the molecule is Cc1cccc2sc(N(CCCN(C)C)C(=O)CSc3ccc(Cl)cc3)nc12. The summed E-state index contributed by atoms with van der Waals surface area (Å²) < 4.78 is 1.12. The van der Waals surface area contributed by atoms with Crippen LogP contribution in [0.5, 0.6) is 0 Å². The number of rotatable bonds is 8. The monoisotopic (exact) mass is 433 g/mol. The largest absolute Gasteiger partial charge is 0.309 e. The van der Waals surface area contributed by atoms with Gasteiger partial charge in [0, 0.05) is 16.5 Å². The highest BCUT2D eigenvalue weighted by atomic mass is 35.5. The molecule has 0 unspecified atom stereocenters. The van der Waals surface area contributed by atoms with Gasteiger partial charge in [-0.1, -0.05) is 35.1 Å². The lowest BCUT2D eigenvalue weighted by Crippen LogP contribution is -2.34. The van der Waals surface area contributed by atoms with Crippen LogP contribution in [-0.2, 0) is 4.79 Å². The Labute approximate surface area is 179 Å². The van der Waals surface area contributed by atoms with E-state index in [0.29, 0.717) is 17.3 Å². The molecule has 1 aromatic heterocycles. The molecule has 0 aliphatic heterocycles. The summed E-state index contributed by atoms with van der Waals surface area (Å²) >= 11 is 9.05. The molecule has 0 radical (unpaired) electrons. The lowest BCUT2D eigenvalue weighted by atomic mass is 10.2. The van der Waals surface area contributed by atoms with Gasteiger partial charge >= 0.3 is 0 Å². The summed E-state index contributed by atoms with van der Waals surface area (Å²) in [6.07, 6.45) is 0.902. The van der Waals surface area contributed by atoms with Crippen LogP contribution in [0.2, 0.25) is 5.02 Å². The number of amides is 1. The maximum Gasteiger partial charge on any atom is 0.239 e. The molecule has 0 bridgehead atoms. The number of fused-ring (bicyclic) bond motifs is 1.